The van der Waals surface area contributed by atoms with Crippen molar-refractivity contribution in [2.24, 2.45) is 0 Å². The van der Waals surface area contributed by atoms with Crippen molar-refractivity contribution < 1.29 is 4.79 Å². The van der Waals surface area contributed by atoms with Crippen molar-refractivity contribution in [1.29, 1.82) is 0 Å². The van der Waals surface area contributed by atoms with E-state index in [4.69, 9.17) is 4.98 Å². The summed E-state index contributed by atoms with van der Waals surface area (Å²) in [6.45, 7) is 7.02. The van der Waals surface area contributed by atoms with Gasteiger partial charge in [0, 0.05) is 18.8 Å². The third-order valence-electron chi connectivity index (χ3n) is 4.55. The number of fused-ring (bicyclic) bond motifs is 1. The lowest BCUT2D eigenvalue weighted by Crippen LogP contribution is -2.37. The molecule has 3 aromatic rings. The highest BCUT2D eigenvalue weighted by molar-refractivity contribution is 8.00. The SMILES string of the molecule is CCCn1c(S[C@H](C)C(=O)N(CC)c2ccccc2)nc2ccccc2c1=O. The number of rotatable bonds is 7. The van der Waals surface area contributed by atoms with Crippen LogP contribution in [0.5, 0.6) is 0 Å². The highest BCUT2D eigenvalue weighted by atomic mass is 32.2. The third-order valence-corrected chi connectivity index (χ3v) is 5.63. The van der Waals surface area contributed by atoms with Crippen LogP contribution < -0.4 is 10.5 Å². The second kappa shape index (κ2) is 9.06. The number of nitrogens with zero attached hydrogens (tertiary/aromatic N) is 3. The standard InChI is InChI=1S/C22H25N3O2S/c1-4-15-25-21(27)18-13-9-10-14-19(18)23-22(25)28-16(3)20(26)24(5-2)17-11-7-6-8-12-17/h6-14,16H,4-5,15H2,1-3H3/t16-/m1/s1. The molecule has 3 rings (SSSR count). The molecule has 0 aliphatic heterocycles. The van der Waals surface area contributed by atoms with Crippen molar-refractivity contribution in [3.8, 4) is 0 Å². The molecule has 1 atom stereocenters. The molecule has 1 aromatic heterocycles. The molecule has 5 nitrogen and oxygen atoms in total. The van der Waals surface area contributed by atoms with E-state index in [1.807, 2.05) is 69.3 Å². The Morgan fingerprint density at radius 3 is 2.46 bits per heavy atom. The Hall–Kier alpha value is -2.60. The number of hydrogen-bond donors (Lipinski definition) is 0. The Bertz CT molecular complexity index is 1020. The van der Waals surface area contributed by atoms with E-state index >= 15 is 0 Å². The van der Waals surface area contributed by atoms with Crippen LogP contribution in [-0.2, 0) is 11.3 Å². The van der Waals surface area contributed by atoms with Crippen LogP contribution in [0, 0.1) is 0 Å². The summed E-state index contributed by atoms with van der Waals surface area (Å²) in [5.41, 5.74) is 1.49. The molecule has 0 saturated carbocycles. The molecule has 0 spiro atoms. The molecule has 2 aromatic carbocycles. The van der Waals surface area contributed by atoms with Gasteiger partial charge in [0.05, 0.1) is 16.2 Å². The van der Waals surface area contributed by atoms with E-state index in [1.54, 1.807) is 15.5 Å². The molecule has 0 saturated heterocycles. The number of benzene rings is 2. The van der Waals surface area contributed by atoms with Crippen molar-refractivity contribution in [2.45, 2.75) is 44.1 Å². The molecule has 6 heteroatoms. The third kappa shape index (κ3) is 4.12. The summed E-state index contributed by atoms with van der Waals surface area (Å²) in [4.78, 5) is 32.5. The number of aromatic nitrogens is 2. The van der Waals surface area contributed by atoms with Crippen molar-refractivity contribution in [1.82, 2.24) is 9.55 Å². The van der Waals surface area contributed by atoms with Crippen molar-refractivity contribution in [3.63, 3.8) is 0 Å². The van der Waals surface area contributed by atoms with Gasteiger partial charge in [-0.3, -0.25) is 14.2 Å². The lowest BCUT2D eigenvalue weighted by Gasteiger charge is -2.24. The minimum Gasteiger partial charge on any atom is -0.312 e. The van der Waals surface area contributed by atoms with Gasteiger partial charge in [0.2, 0.25) is 5.91 Å². The van der Waals surface area contributed by atoms with E-state index in [2.05, 4.69) is 0 Å². The molecule has 146 valence electrons. The van der Waals surface area contributed by atoms with Gasteiger partial charge in [0.25, 0.3) is 5.56 Å². The fourth-order valence-corrected chi connectivity index (χ4v) is 4.16. The van der Waals surface area contributed by atoms with Crippen LogP contribution in [0.1, 0.15) is 27.2 Å². The summed E-state index contributed by atoms with van der Waals surface area (Å²) >= 11 is 1.35. The molecule has 0 aliphatic carbocycles. The predicted molar refractivity (Wildman–Crippen MR) is 116 cm³/mol. The molecule has 28 heavy (non-hydrogen) atoms. The molecule has 0 N–H and O–H groups in total. The Morgan fingerprint density at radius 1 is 1.11 bits per heavy atom. The smallest absolute Gasteiger partial charge is 0.262 e. The molecule has 0 aliphatic rings. The maximum atomic E-state index is 13.1. The van der Waals surface area contributed by atoms with Crippen LogP contribution in [0.15, 0.2) is 64.5 Å². The number of carbonyl (C=O) groups is 1. The molecule has 1 heterocycles. The zero-order valence-corrected chi connectivity index (χ0v) is 17.3. The monoisotopic (exact) mass is 395 g/mol. The van der Waals surface area contributed by atoms with Gasteiger partial charge in [-0.25, -0.2) is 4.98 Å². The Labute approximate surface area is 169 Å². The van der Waals surface area contributed by atoms with Gasteiger partial charge in [-0.2, -0.15) is 0 Å². The highest BCUT2D eigenvalue weighted by Crippen LogP contribution is 2.26. The Kier molecular flexibility index (Phi) is 6.52. The topological polar surface area (TPSA) is 55.2 Å². The fourth-order valence-electron chi connectivity index (χ4n) is 3.16. The number of hydrogen-bond acceptors (Lipinski definition) is 4. The lowest BCUT2D eigenvalue weighted by molar-refractivity contribution is -0.117. The highest BCUT2D eigenvalue weighted by Gasteiger charge is 2.24. The van der Waals surface area contributed by atoms with Gasteiger partial charge in [-0.1, -0.05) is 49.0 Å². The average molecular weight is 396 g/mol. The first-order chi connectivity index (χ1) is 13.6. The molecule has 0 radical (unpaired) electrons. The van der Waals surface area contributed by atoms with E-state index in [1.165, 1.54) is 11.8 Å². The van der Waals surface area contributed by atoms with Gasteiger partial charge in [-0.15, -0.1) is 0 Å². The van der Waals surface area contributed by atoms with E-state index in [0.29, 0.717) is 29.1 Å². The number of amides is 1. The number of thioether (sulfide) groups is 1. The second-order valence-electron chi connectivity index (χ2n) is 6.55. The normalized spacial score (nSPS) is 12.1. The van der Waals surface area contributed by atoms with Gasteiger partial charge in [0.1, 0.15) is 0 Å². The predicted octanol–water partition coefficient (Wildman–Crippen LogP) is 4.34. The van der Waals surface area contributed by atoms with Gasteiger partial charge >= 0.3 is 0 Å². The quantitative estimate of drug-likeness (QED) is 0.441. The largest absolute Gasteiger partial charge is 0.312 e. The Balaban J connectivity index is 1.93. The van der Waals surface area contributed by atoms with Crippen LogP contribution in [0.2, 0.25) is 0 Å². The van der Waals surface area contributed by atoms with Gasteiger partial charge in [0.15, 0.2) is 5.16 Å². The molecule has 1 amide bonds. The maximum Gasteiger partial charge on any atom is 0.262 e. The molecule has 0 bridgehead atoms. The van der Waals surface area contributed by atoms with Crippen LogP contribution in [-0.4, -0.2) is 27.3 Å². The van der Waals surface area contributed by atoms with E-state index in [0.717, 1.165) is 12.1 Å². The van der Waals surface area contributed by atoms with Crippen molar-refractivity contribution in [2.75, 3.05) is 11.4 Å². The van der Waals surface area contributed by atoms with Crippen LogP contribution in [0.3, 0.4) is 0 Å². The van der Waals surface area contributed by atoms with E-state index < -0.39 is 0 Å². The molecule has 0 fully saturated rings. The number of para-hydroxylation sites is 2. The summed E-state index contributed by atoms with van der Waals surface area (Å²) in [5.74, 6) is 0.00385. The van der Waals surface area contributed by atoms with E-state index in [-0.39, 0.29) is 16.7 Å². The van der Waals surface area contributed by atoms with Gasteiger partial charge < -0.3 is 4.90 Å². The van der Waals surface area contributed by atoms with Crippen LogP contribution >= 0.6 is 11.8 Å². The molecule has 0 unspecified atom stereocenters. The first-order valence-electron chi connectivity index (χ1n) is 9.59. The first-order valence-corrected chi connectivity index (χ1v) is 10.5. The minimum absolute atomic E-state index is 0.00385. The summed E-state index contributed by atoms with van der Waals surface area (Å²) in [5, 5.41) is 0.839. The minimum atomic E-state index is -0.365. The summed E-state index contributed by atoms with van der Waals surface area (Å²) < 4.78 is 1.69. The number of anilines is 1. The van der Waals surface area contributed by atoms with Crippen molar-refractivity contribution >= 4 is 34.3 Å². The van der Waals surface area contributed by atoms with Crippen molar-refractivity contribution in [3.05, 3.63) is 65.0 Å². The fraction of sp³-hybridized carbons (Fsp3) is 0.318. The second-order valence-corrected chi connectivity index (χ2v) is 7.85. The zero-order chi connectivity index (χ0) is 20.1. The lowest BCUT2D eigenvalue weighted by atomic mass is 10.2. The zero-order valence-electron chi connectivity index (χ0n) is 16.5. The molecular formula is C22H25N3O2S. The Morgan fingerprint density at radius 2 is 1.79 bits per heavy atom. The summed E-state index contributed by atoms with van der Waals surface area (Å²) in [6, 6.07) is 17.0. The summed E-state index contributed by atoms with van der Waals surface area (Å²) in [7, 11) is 0. The molecular weight excluding hydrogens is 370 g/mol. The average Bonchev–Trinajstić information content (AvgIpc) is 2.72. The summed E-state index contributed by atoms with van der Waals surface area (Å²) in [6.07, 6.45) is 0.820. The van der Waals surface area contributed by atoms with Crippen LogP contribution in [0.4, 0.5) is 5.69 Å². The maximum absolute atomic E-state index is 13.1. The van der Waals surface area contributed by atoms with E-state index in [9.17, 15) is 9.59 Å². The van der Waals surface area contributed by atoms with Crippen LogP contribution in [0.25, 0.3) is 10.9 Å². The number of carbonyl (C=O) groups excluding carboxylic acids is 1. The first kappa shape index (κ1) is 20.1. The van der Waals surface area contributed by atoms with Gasteiger partial charge in [-0.05, 0) is 44.5 Å².